The van der Waals surface area contributed by atoms with E-state index in [1.54, 1.807) is 34.0 Å². The van der Waals surface area contributed by atoms with E-state index in [4.69, 9.17) is 9.72 Å². The Morgan fingerprint density at radius 1 is 1.25 bits per heavy atom. The maximum Gasteiger partial charge on any atom is 0.250 e. The van der Waals surface area contributed by atoms with Crippen molar-refractivity contribution >= 4 is 11.8 Å². The summed E-state index contributed by atoms with van der Waals surface area (Å²) in [6.45, 7) is 5.08. The first-order valence-corrected chi connectivity index (χ1v) is 8.46. The molecule has 1 aliphatic rings. The van der Waals surface area contributed by atoms with Crippen molar-refractivity contribution in [3.05, 3.63) is 29.6 Å². The first kappa shape index (κ1) is 18.4. The maximum atomic E-state index is 12.5. The molecule has 132 valence electrons. The monoisotopic (exact) mass is 333 g/mol. The number of hydrogen-bond donors (Lipinski definition) is 1. The van der Waals surface area contributed by atoms with Gasteiger partial charge in [0, 0.05) is 44.8 Å². The lowest BCUT2D eigenvalue weighted by Gasteiger charge is -2.25. The molecule has 6 nitrogen and oxygen atoms in total. The van der Waals surface area contributed by atoms with Gasteiger partial charge in [-0.1, -0.05) is 19.9 Å². The molecule has 1 saturated heterocycles. The highest BCUT2D eigenvalue weighted by molar-refractivity contribution is 5.88. The summed E-state index contributed by atoms with van der Waals surface area (Å²) >= 11 is 0. The molecule has 0 saturated carbocycles. The third-order valence-electron chi connectivity index (χ3n) is 4.23. The predicted octanol–water partition coefficient (Wildman–Crippen LogP) is 1.88. The van der Waals surface area contributed by atoms with E-state index >= 15 is 0 Å². The Morgan fingerprint density at radius 2 is 1.92 bits per heavy atom. The zero-order valence-electron chi connectivity index (χ0n) is 14.9. The van der Waals surface area contributed by atoms with Gasteiger partial charge in [-0.25, -0.2) is 0 Å². The number of hydrogen-bond acceptors (Lipinski definition) is 4. The molecule has 0 aliphatic carbocycles. The maximum absolute atomic E-state index is 12.5. The molecular weight excluding hydrogens is 306 g/mol. The topological polar surface area (TPSA) is 71.5 Å². The van der Waals surface area contributed by atoms with Crippen LogP contribution in [0.25, 0.3) is 0 Å². The van der Waals surface area contributed by atoms with Crippen molar-refractivity contribution < 1.29 is 14.3 Å². The van der Waals surface area contributed by atoms with Crippen LogP contribution in [0.15, 0.2) is 18.2 Å². The first-order chi connectivity index (χ1) is 11.4. The zero-order chi connectivity index (χ0) is 17.7. The Hall–Kier alpha value is -1.95. The normalized spacial score (nSPS) is 16.7. The highest BCUT2D eigenvalue weighted by atomic mass is 16.5. The number of nitrogens with one attached hydrogen (secondary N) is 1. The van der Waals surface area contributed by atoms with Crippen LogP contribution >= 0.6 is 0 Å². The number of nitrogens with zero attached hydrogens (tertiary/aromatic N) is 2. The smallest absolute Gasteiger partial charge is 0.250 e. The first-order valence-electron chi connectivity index (χ1n) is 8.46. The number of rotatable bonds is 5. The minimum atomic E-state index is -0.755. The Morgan fingerprint density at radius 3 is 2.50 bits per heavy atom. The molecule has 1 aliphatic heterocycles. The fourth-order valence-corrected chi connectivity index (χ4v) is 2.68. The molecule has 0 aromatic carbocycles. The van der Waals surface area contributed by atoms with Crippen molar-refractivity contribution in [3.8, 4) is 0 Å². The number of carbonyl (C=O) groups is 2. The summed E-state index contributed by atoms with van der Waals surface area (Å²) in [5.74, 6) is -0.190. The van der Waals surface area contributed by atoms with Crippen LogP contribution < -0.4 is 5.32 Å². The van der Waals surface area contributed by atoms with Crippen molar-refractivity contribution in [2.75, 3.05) is 27.3 Å². The highest BCUT2D eigenvalue weighted by Crippen LogP contribution is 2.26. The lowest BCUT2D eigenvalue weighted by Crippen LogP contribution is -2.41. The second kappa shape index (κ2) is 8.24. The largest absolute Gasteiger partial charge is 0.381 e. The van der Waals surface area contributed by atoms with Gasteiger partial charge in [0.15, 0.2) is 6.04 Å². The van der Waals surface area contributed by atoms with Gasteiger partial charge in [0.1, 0.15) is 0 Å². The van der Waals surface area contributed by atoms with Crippen molar-refractivity contribution in [3.63, 3.8) is 0 Å². The van der Waals surface area contributed by atoms with E-state index in [1.165, 1.54) is 4.90 Å². The fraction of sp³-hybridized carbons (Fsp3) is 0.611. The summed E-state index contributed by atoms with van der Waals surface area (Å²) in [4.78, 5) is 30.8. The second-order valence-corrected chi connectivity index (χ2v) is 6.70. The van der Waals surface area contributed by atoms with E-state index < -0.39 is 6.04 Å². The zero-order valence-corrected chi connectivity index (χ0v) is 14.9. The minimum Gasteiger partial charge on any atom is -0.381 e. The summed E-state index contributed by atoms with van der Waals surface area (Å²) in [5, 5.41) is 2.83. The molecule has 1 aromatic heterocycles. The number of ether oxygens (including phenoxy) is 1. The van der Waals surface area contributed by atoms with Crippen molar-refractivity contribution in [2.45, 2.75) is 38.6 Å². The third kappa shape index (κ3) is 4.54. The molecule has 1 unspecified atom stereocenters. The minimum absolute atomic E-state index is 0.159. The van der Waals surface area contributed by atoms with Crippen LogP contribution in [-0.2, 0) is 14.3 Å². The molecule has 1 fully saturated rings. The highest BCUT2D eigenvalue weighted by Gasteiger charge is 2.27. The molecule has 6 heteroatoms. The van der Waals surface area contributed by atoms with E-state index in [0.29, 0.717) is 11.6 Å². The van der Waals surface area contributed by atoms with E-state index in [9.17, 15) is 9.59 Å². The molecule has 0 radical (unpaired) electrons. The van der Waals surface area contributed by atoms with Gasteiger partial charge in [0.05, 0.1) is 5.69 Å². The lowest BCUT2D eigenvalue weighted by molar-refractivity contribution is -0.135. The molecule has 0 bridgehead atoms. The van der Waals surface area contributed by atoms with Crippen LogP contribution in [0, 0.1) is 5.92 Å². The number of likely N-dealkylation sites (N-methyl/N-ethyl adjacent to an activating group) is 1. The Kier molecular flexibility index (Phi) is 6.31. The Balaban J connectivity index is 2.27. The number of amides is 2. The van der Waals surface area contributed by atoms with Gasteiger partial charge in [0.25, 0.3) is 5.91 Å². The van der Waals surface area contributed by atoms with Crippen molar-refractivity contribution in [1.29, 1.82) is 0 Å². The molecular formula is C18H27N3O3. The van der Waals surface area contributed by atoms with E-state index in [2.05, 4.69) is 5.32 Å². The second-order valence-electron chi connectivity index (χ2n) is 6.70. The summed E-state index contributed by atoms with van der Waals surface area (Å²) < 4.78 is 5.40. The Labute approximate surface area is 143 Å². The number of pyridine rings is 1. The summed E-state index contributed by atoms with van der Waals surface area (Å²) in [6.07, 6.45) is 1.86. The molecule has 0 spiro atoms. The summed E-state index contributed by atoms with van der Waals surface area (Å²) in [5.41, 5.74) is 1.55. The molecule has 1 atom stereocenters. The average Bonchev–Trinajstić information content (AvgIpc) is 2.59. The van der Waals surface area contributed by atoms with Gasteiger partial charge >= 0.3 is 0 Å². The van der Waals surface area contributed by atoms with E-state index in [0.717, 1.165) is 31.7 Å². The SMILES string of the molecule is CC(C)C(=O)NC(C(=O)N(C)C)c1cccc(C2CCOCC2)n1. The molecule has 24 heavy (non-hydrogen) atoms. The van der Waals surface area contributed by atoms with Gasteiger partial charge < -0.3 is 15.0 Å². The van der Waals surface area contributed by atoms with Crippen molar-refractivity contribution in [1.82, 2.24) is 15.2 Å². The fourth-order valence-electron chi connectivity index (χ4n) is 2.68. The molecule has 1 N–H and O–H groups in total. The van der Waals surface area contributed by atoms with E-state index in [1.807, 2.05) is 12.1 Å². The van der Waals surface area contributed by atoms with Gasteiger partial charge in [-0.2, -0.15) is 0 Å². The van der Waals surface area contributed by atoms with Gasteiger partial charge in [-0.15, -0.1) is 0 Å². The van der Waals surface area contributed by atoms with Crippen LogP contribution in [-0.4, -0.2) is 49.0 Å². The van der Waals surface area contributed by atoms with Crippen LogP contribution in [0.3, 0.4) is 0 Å². The van der Waals surface area contributed by atoms with Gasteiger partial charge in [0.2, 0.25) is 5.91 Å². The lowest BCUT2D eigenvalue weighted by atomic mass is 9.95. The van der Waals surface area contributed by atoms with Crippen LogP contribution in [0.5, 0.6) is 0 Å². The molecule has 2 rings (SSSR count). The standard InChI is InChI=1S/C18H27N3O3/c1-12(2)17(22)20-16(18(23)21(3)4)15-7-5-6-14(19-15)13-8-10-24-11-9-13/h5-7,12-13,16H,8-11H2,1-4H3,(H,20,22). The predicted molar refractivity (Wildman–Crippen MR) is 91.4 cm³/mol. The number of carbonyl (C=O) groups excluding carboxylic acids is 2. The molecule has 1 aromatic rings. The van der Waals surface area contributed by atoms with Gasteiger partial charge in [-0.05, 0) is 25.0 Å². The van der Waals surface area contributed by atoms with Crippen LogP contribution in [0.4, 0.5) is 0 Å². The van der Waals surface area contributed by atoms with Crippen molar-refractivity contribution in [2.24, 2.45) is 5.92 Å². The third-order valence-corrected chi connectivity index (χ3v) is 4.23. The van der Waals surface area contributed by atoms with E-state index in [-0.39, 0.29) is 17.7 Å². The van der Waals surface area contributed by atoms with Crippen LogP contribution in [0.1, 0.15) is 50.0 Å². The molecule has 2 heterocycles. The molecule has 2 amide bonds. The van der Waals surface area contributed by atoms with Crippen LogP contribution in [0.2, 0.25) is 0 Å². The summed E-state index contributed by atoms with van der Waals surface area (Å²) in [6, 6.07) is 4.94. The Bertz CT molecular complexity index is 581. The number of aromatic nitrogens is 1. The quantitative estimate of drug-likeness (QED) is 0.893. The van der Waals surface area contributed by atoms with Gasteiger partial charge in [-0.3, -0.25) is 14.6 Å². The summed E-state index contributed by atoms with van der Waals surface area (Å²) in [7, 11) is 3.36. The average molecular weight is 333 g/mol.